The molecule has 3 N–H and O–H groups in total. The van der Waals surface area contributed by atoms with Crippen molar-refractivity contribution < 1.29 is 37.9 Å². The second-order valence-corrected chi connectivity index (χ2v) is 11.2. The maximum atomic E-state index is 11.9. The van der Waals surface area contributed by atoms with E-state index in [2.05, 4.69) is 31.3 Å². The van der Waals surface area contributed by atoms with E-state index in [-0.39, 0.29) is 32.1 Å². The summed E-state index contributed by atoms with van der Waals surface area (Å²) >= 11 is 0. The highest BCUT2D eigenvalue weighted by Gasteiger charge is 2.23. The van der Waals surface area contributed by atoms with Crippen LogP contribution >= 0.6 is 7.82 Å². The van der Waals surface area contributed by atoms with Gasteiger partial charge in [-0.1, -0.05) is 90.2 Å². The number of esters is 1. The van der Waals surface area contributed by atoms with Crippen LogP contribution in [0.15, 0.2) is 12.2 Å². The number of hydrogen-bond donors (Lipinski definition) is 3. The first-order valence-electron chi connectivity index (χ1n) is 14.7. The highest BCUT2D eigenvalue weighted by atomic mass is 31.2. The largest absolute Gasteiger partial charge is 0.472 e. The summed E-state index contributed by atoms with van der Waals surface area (Å²) < 4.78 is 26.4. The molecule has 0 saturated heterocycles. The van der Waals surface area contributed by atoms with Crippen LogP contribution in [0.5, 0.6) is 0 Å². The van der Waals surface area contributed by atoms with E-state index in [0.717, 1.165) is 57.8 Å². The summed E-state index contributed by atoms with van der Waals surface area (Å²) in [7, 11) is -4.39. The Kier molecular flexibility index (Phi) is 25.1. The predicted molar refractivity (Wildman–Crippen MR) is 151 cm³/mol. The lowest BCUT2D eigenvalue weighted by atomic mass is 10.1. The molecule has 2 unspecified atom stereocenters. The number of phosphoric acid groups is 1. The molecule has 0 aromatic heterocycles. The van der Waals surface area contributed by atoms with Crippen LogP contribution in [0.4, 0.5) is 0 Å². The lowest BCUT2D eigenvalue weighted by Crippen LogP contribution is -2.27. The summed E-state index contributed by atoms with van der Waals surface area (Å²) in [4.78, 5) is 33.3. The third-order valence-electron chi connectivity index (χ3n) is 5.95. The fourth-order valence-corrected chi connectivity index (χ4v) is 4.41. The van der Waals surface area contributed by atoms with Gasteiger partial charge in [-0.15, -0.1) is 0 Å². The minimum absolute atomic E-state index is 0.0791. The van der Waals surface area contributed by atoms with Crippen LogP contribution in [0.1, 0.15) is 123 Å². The number of amides is 1. The molecule has 0 rings (SSSR count). The number of nitrogens with one attached hydrogen (secondary N) is 1. The van der Waals surface area contributed by atoms with Gasteiger partial charge in [-0.3, -0.25) is 18.6 Å². The number of unbranched alkanes of at least 4 members (excludes halogenated alkanes) is 12. The Hall–Kier alpha value is -1.25. The average Bonchev–Trinajstić information content (AvgIpc) is 2.89. The molecule has 0 bridgehead atoms. The molecule has 0 aromatic carbocycles. The van der Waals surface area contributed by atoms with Crippen LogP contribution in [0, 0.1) is 0 Å². The third-order valence-corrected chi connectivity index (χ3v) is 6.93. The number of ether oxygens (including phenoxy) is 1. The van der Waals surface area contributed by atoms with E-state index in [1.807, 2.05) is 0 Å². The first-order valence-corrected chi connectivity index (χ1v) is 16.2. The quantitative estimate of drug-likeness (QED) is 0.0455. The molecule has 38 heavy (non-hydrogen) atoms. The van der Waals surface area contributed by atoms with Crippen molar-refractivity contribution in [2.45, 2.75) is 129 Å². The molecule has 0 aromatic rings. The Morgan fingerprint density at radius 2 is 1.37 bits per heavy atom. The molecule has 0 heterocycles. The van der Waals surface area contributed by atoms with Crippen LogP contribution in [-0.2, 0) is 27.9 Å². The number of allylic oxidation sites excluding steroid dienone is 2. The standard InChI is InChI=1S/C28H54NO8P/c1-3-5-7-9-11-12-13-14-15-16-18-20-27(31)29-22-23-36-38(33,34)37-25-26(30)24-35-28(32)21-19-17-10-8-6-4-2/h9,11,26,30H,3-8,10,12-25H2,1-2H3,(H,29,31)(H,33,34)/b11-9-. The van der Waals surface area contributed by atoms with Crippen molar-refractivity contribution in [3.8, 4) is 0 Å². The monoisotopic (exact) mass is 563 g/mol. The number of aliphatic hydroxyl groups excluding tert-OH is 1. The Balaban J connectivity index is 3.69. The summed E-state index contributed by atoms with van der Waals surface area (Å²) in [5, 5.41) is 12.5. The average molecular weight is 564 g/mol. The van der Waals surface area contributed by atoms with E-state index < -0.39 is 26.5 Å². The minimum atomic E-state index is -4.39. The van der Waals surface area contributed by atoms with Gasteiger partial charge in [0.2, 0.25) is 5.91 Å². The first kappa shape index (κ1) is 36.8. The van der Waals surface area contributed by atoms with Crippen LogP contribution in [0.25, 0.3) is 0 Å². The Bertz CT molecular complexity index is 659. The van der Waals surface area contributed by atoms with E-state index >= 15 is 0 Å². The van der Waals surface area contributed by atoms with Gasteiger partial charge in [0.1, 0.15) is 12.7 Å². The van der Waals surface area contributed by atoms with E-state index in [1.165, 1.54) is 38.5 Å². The first-order chi connectivity index (χ1) is 18.3. The number of carbonyl (C=O) groups excluding carboxylic acids is 2. The smallest absolute Gasteiger partial charge is 0.463 e. The minimum Gasteiger partial charge on any atom is -0.463 e. The highest BCUT2D eigenvalue weighted by Crippen LogP contribution is 2.42. The molecule has 0 aliphatic heterocycles. The van der Waals surface area contributed by atoms with Crippen LogP contribution < -0.4 is 5.32 Å². The Labute approximate surface area is 230 Å². The van der Waals surface area contributed by atoms with Gasteiger partial charge in [-0.25, -0.2) is 4.57 Å². The zero-order chi connectivity index (χ0) is 28.3. The molecule has 0 saturated carbocycles. The lowest BCUT2D eigenvalue weighted by molar-refractivity contribution is -0.147. The van der Waals surface area contributed by atoms with E-state index in [0.29, 0.717) is 6.42 Å². The zero-order valence-corrected chi connectivity index (χ0v) is 24.8. The normalized spacial score (nSPS) is 13.9. The molecule has 224 valence electrons. The fraction of sp³-hybridized carbons (Fsp3) is 0.857. The van der Waals surface area contributed by atoms with Crippen LogP contribution in [-0.4, -0.2) is 54.3 Å². The van der Waals surface area contributed by atoms with Gasteiger partial charge in [0.15, 0.2) is 0 Å². The second kappa shape index (κ2) is 26.0. The summed E-state index contributed by atoms with van der Waals surface area (Å²) in [6.07, 6.45) is 20.3. The number of carbonyl (C=O) groups is 2. The van der Waals surface area contributed by atoms with Crippen LogP contribution in [0.2, 0.25) is 0 Å². The zero-order valence-electron chi connectivity index (χ0n) is 23.9. The molecule has 1 amide bonds. The number of aliphatic hydroxyl groups is 1. The third kappa shape index (κ3) is 26.4. The second-order valence-electron chi connectivity index (χ2n) is 9.72. The molecule has 0 aliphatic carbocycles. The van der Waals surface area contributed by atoms with Crippen molar-refractivity contribution in [2.75, 3.05) is 26.4 Å². The molecular weight excluding hydrogens is 509 g/mol. The van der Waals surface area contributed by atoms with Gasteiger partial charge in [0.25, 0.3) is 0 Å². The van der Waals surface area contributed by atoms with E-state index in [4.69, 9.17) is 13.8 Å². The van der Waals surface area contributed by atoms with Gasteiger partial charge in [0.05, 0.1) is 13.2 Å². The molecular formula is C28H54NO8P. The maximum absolute atomic E-state index is 11.9. The van der Waals surface area contributed by atoms with E-state index in [9.17, 15) is 24.2 Å². The predicted octanol–water partition coefficient (Wildman–Crippen LogP) is 6.37. The summed E-state index contributed by atoms with van der Waals surface area (Å²) in [6, 6.07) is 0. The SMILES string of the molecule is CCCC/C=C\CCCCCCCC(=O)NCCOP(=O)(O)OCC(O)COC(=O)CCCCCCCC. The van der Waals surface area contributed by atoms with Crippen molar-refractivity contribution in [1.82, 2.24) is 5.32 Å². The molecule has 0 spiro atoms. The summed E-state index contributed by atoms with van der Waals surface area (Å²) in [5.41, 5.74) is 0. The van der Waals surface area contributed by atoms with Gasteiger partial charge < -0.3 is 20.1 Å². The topological polar surface area (TPSA) is 131 Å². The summed E-state index contributed by atoms with van der Waals surface area (Å²) in [6.45, 7) is 3.39. The number of rotatable bonds is 27. The van der Waals surface area contributed by atoms with Gasteiger partial charge in [0, 0.05) is 19.4 Å². The van der Waals surface area contributed by atoms with Crippen molar-refractivity contribution in [3.05, 3.63) is 12.2 Å². The molecule has 10 heteroatoms. The molecule has 0 aliphatic rings. The van der Waals surface area contributed by atoms with Crippen LogP contribution in [0.3, 0.4) is 0 Å². The Morgan fingerprint density at radius 1 is 0.789 bits per heavy atom. The maximum Gasteiger partial charge on any atom is 0.472 e. The van der Waals surface area contributed by atoms with Crippen molar-refractivity contribution in [1.29, 1.82) is 0 Å². The molecule has 2 atom stereocenters. The highest BCUT2D eigenvalue weighted by molar-refractivity contribution is 7.47. The molecule has 0 radical (unpaired) electrons. The van der Waals surface area contributed by atoms with Gasteiger partial charge >= 0.3 is 13.8 Å². The van der Waals surface area contributed by atoms with Crippen molar-refractivity contribution >= 4 is 19.7 Å². The molecule has 9 nitrogen and oxygen atoms in total. The Morgan fingerprint density at radius 3 is 2.05 bits per heavy atom. The summed E-state index contributed by atoms with van der Waals surface area (Å²) in [5.74, 6) is -0.538. The molecule has 0 fully saturated rings. The van der Waals surface area contributed by atoms with Crippen molar-refractivity contribution in [2.24, 2.45) is 0 Å². The number of phosphoric ester groups is 1. The fourth-order valence-electron chi connectivity index (χ4n) is 3.65. The van der Waals surface area contributed by atoms with Crippen molar-refractivity contribution in [3.63, 3.8) is 0 Å². The number of hydrogen-bond acceptors (Lipinski definition) is 7. The van der Waals surface area contributed by atoms with E-state index in [1.54, 1.807) is 0 Å². The lowest BCUT2D eigenvalue weighted by Gasteiger charge is -2.15. The van der Waals surface area contributed by atoms with Gasteiger partial charge in [-0.2, -0.15) is 0 Å². The van der Waals surface area contributed by atoms with Gasteiger partial charge in [-0.05, 0) is 32.1 Å².